The summed E-state index contributed by atoms with van der Waals surface area (Å²) in [5, 5.41) is 0. The van der Waals surface area contributed by atoms with E-state index in [0.717, 1.165) is 18.3 Å². The molecule has 1 rings (SSSR count). The fraction of sp³-hybridized carbons (Fsp3) is 0.286. The Morgan fingerprint density at radius 2 is 1.86 bits per heavy atom. The molecule has 0 saturated heterocycles. The minimum absolute atomic E-state index is 0.814. The summed E-state index contributed by atoms with van der Waals surface area (Å²) in [6.07, 6.45) is -10.1. The summed E-state index contributed by atoms with van der Waals surface area (Å²) in [5.74, 6) is -0.814. The molecule has 0 unspecified atom stereocenters. The van der Waals surface area contributed by atoms with Crippen LogP contribution < -0.4 is 4.74 Å². The molecule has 1 radical (unpaired) electrons. The van der Waals surface area contributed by atoms with E-state index in [9.17, 15) is 22.0 Å². The van der Waals surface area contributed by atoms with E-state index >= 15 is 0 Å². The van der Waals surface area contributed by atoms with Crippen LogP contribution in [-0.2, 0) is 0 Å². The first-order chi connectivity index (χ1) is 6.33. The third-order valence-corrected chi connectivity index (χ3v) is 1.15. The molecule has 14 heavy (non-hydrogen) atoms. The molecule has 0 saturated carbocycles. The lowest BCUT2D eigenvalue weighted by Crippen LogP contribution is -2.42. The van der Waals surface area contributed by atoms with Crippen LogP contribution in [0, 0.1) is 6.07 Å². The minimum atomic E-state index is -5.76. The highest BCUT2D eigenvalue weighted by Crippen LogP contribution is 2.36. The smallest absolute Gasteiger partial charge is 0.408 e. The van der Waals surface area contributed by atoms with E-state index in [0.29, 0.717) is 0 Å². The molecule has 1 aromatic heterocycles. The number of pyridine rings is 1. The first kappa shape index (κ1) is 10.7. The maximum atomic E-state index is 12.2. The lowest BCUT2D eigenvalue weighted by Gasteiger charge is -2.18. The molecule has 0 bridgehead atoms. The van der Waals surface area contributed by atoms with Gasteiger partial charge in [-0.25, -0.2) is 4.98 Å². The average Bonchev–Trinajstić information content (AvgIpc) is 2.03. The van der Waals surface area contributed by atoms with E-state index < -0.39 is 18.2 Å². The van der Waals surface area contributed by atoms with Gasteiger partial charge in [-0.2, -0.15) is 22.0 Å². The Bertz CT molecular complexity index is 297. The summed E-state index contributed by atoms with van der Waals surface area (Å²) >= 11 is 0. The van der Waals surface area contributed by atoms with E-state index in [1.165, 1.54) is 0 Å². The predicted octanol–water partition coefficient (Wildman–Crippen LogP) is 2.42. The Morgan fingerprint density at radius 3 is 2.29 bits per heavy atom. The summed E-state index contributed by atoms with van der Waals surface area (Å²) in [7, 11) is 0. The number of ether oxygens (including phenoxy) is 1. The normalized spacial score (nSPS) is 12.6. The third kappa shape index (κ3) is 2.30. The molecular weight excluding hydrogens is 209 g/mol. The van der Waals surface area contributed by atoms with Crippen molar-refractivity contribution in [1.82, 2.24) is 4.98 Å². The van der Waals surface area contributed by atoms with Crippen molar-refractivity contribution in [2.75, 3.05) is 0 Å². The first-order valence-electron chi connectivity index (χ1n) is 3.28. The number of hydrogen-bond acceptors (Lipinski definition) is 2. The molecule has 0 aliphatic heterocycles. The van der Waals surface area contributed by atoms with Crippen molar-refractivity contribution >= 4 is 0 Å². The minimum Gasteiger partial charge on any atom is -0.408 e. The van der Waals surface area contributed by atoms with E-state index in [1.807, 2.05) is 0 Å². The lowest BCUT2D eigenvalue weighted by atomic mass is 10.5. The van der Waals surface area contributed by atoms with Crippen LogP contribution in [0.4, 0.5) is 22.0 Å². The second kappa shape index (κ2) is 3.39. The largest absolute Gasteiger partial charge is 0.500 e. The predicted molar refractivity (Wildman–Crippen MR) is 34.7 cm³/mol. The van der Waals surface area contributed by atoms with Crippen molar-refractivity contribution < 1.29 is 26.7 Å². The maximum absolute atomic E-state index is 12.2. The van der Waals surface area contributed by atoms with Gasteiger partial charge in [0.25, 0.3) is 0 Å². The standard InChI is InChI=1S/C7H3F5NO/c8-6(9,10)7(11,12)14-5-3-1-2-4-13-5/h1,3-4H. The number of halogens is 5. The highest BCUT2D eigenvalue weighted by molar-refractivity contribution is 5.09. The quantitative estimate of drug-likeness (QED) is 0.702. The number of hydrogen-bond donors (Lipinski definition) is 0. The molecule has 1 aromatic rings. The van der Waals surface area contributed by atoms with Crippen molar-refractivity contribution in [3.05, 3.63) is 24.4 Å². The molecule has 2 nitrogen and oxygen atoms in total. The van der Waals surface area contributed by atoms with Gasteiger partial charge in [0.05, 0.1) is 0 Å². The third-order valence-electron chi connectivity index (χ3n) is 1.15. The zero-order chi connectivity index (χ0) is 10.8. The molecule has 0 aromatic carbocycles. The molecule has 7 heteroatoms. The fourth-order valence-corrected chi connectivity index (χ4v) is 0.556. The molecule has 77 valence electrons. The van der Waals surface area contributed by atoms with E-state index in [2.05, 4.69) is 15.8 Å². The van der Waals surface area contributed by atoms with Gasteiger partial charge < -0.3 is 4.74 Å². The molecule has 0 amide bonds. The van der Waals surface area contributed by atoms with Crippen molar-refractivity contribution in [1.29, 1.82) is 0 Å². The Kier molecular flexibility index (Phi) is 2.59. The van der Waals surface area contributed by atoms with Crippen LogP contribution in [-0.4, -0.2) is 17.3 Å². The zero-order valence-corrected chi connectivity index (χ0v) is 6.48. The van der Waals surface area contributed by atoms with Crippen molar-refractivity contribution in [2.24, 2.45) is 0 Å². The van der Waals surface area contributed by atoms with Gasteiger partial charge in [-0.05, 0) is 6.07 Å². The van der Waals surface area contributed by atoms with Crippen LogP contribution in [0.2, 0.25) is 0 Å². The Balaban J connectivity index is 2.79. The van der Waals surface area contributed by atoms with Crippen LogP contribution in [0.15, 0.2) is 18.3 Å². The van der Waals surface area contributed by atoms with Gasteiger partial charge in [0, 0.05) is 18.3 Å². The van der Waals surface area contributed by atoms with Gasteiger partial charge in [0.2, 0.25) is 5.88 Å². The topological polar surface area (TPSA) is 22.1 Å². The van der Waals surface area contributed by atoms with E-state index in [-0.39, 0.29) is 0 Å². The van der Waals surface area contributed by atoms with Crippen LogP contribution >= 0.6 is 0 Å². The second-order valence-corrected chi connectivity index (χ2v) is 2.21. The molecule has 0 atom stereocenters. The summed E-state index contributed by atoms with van der Waals surface area (Å²) in [5.41, 5.74) is 0. The summed E-state index contributed by atoms with van der Waals surface area (Å²) in [4.78, 5) is 3.12. The number of nitrogens with zero attached hydrogens (tertiary/aromatic N) is 1. The molecule has 0 spiro atoms. The highest BCUT2D eigenvalue weighted by Gasteiger charge is 2.61. The molecule has 0 aliphatic rings. The monoisotopic (exact) mass is 212 g/mol. The van der Waals surface area contributed by atoms with Gasteiger partial charge >= 0.3 is 12.3 Å². The molecule has 0 fully saturated rings. The van der Waals surface area contributed by atoms with E-state index in [1.54, 1.807) is 0 Å². The lowest BCUT2D eigenvalue weighted by molar-refractivity contribution is -0.361. The molecular formula is C7H3F5NO. The Labute approximate surface area is 75.3 Å². The second-order valence-electron chi connectivity index (χ2n) is 2.21. The molecule has 1 heterocycles. The zero-order valence-electron chi connectivity index (χ0n) is 6.48. The van der Waals surface area contributed by atoms with Crippen molar-refractivity contribution in [3.8, 4) is 5.88 Å². The van der Waals surface area contributed by atoms with Crippen LogP contribution in [0.3, 0.4) is 0 Å². The van der Waals surface area contributed by atoms with Crippen LogP contribution in [0.25, 0.3) is 0 Å². The first-order valence-corrected chi connectivity index (χ1v) is 3.28. The molecule has 0 aliphatic carbocycles. The van der Waals surface area contributed by atoms with Gasteiger partial charge in [0.15, 0.2) is 0 Å². The Hall–Kier alpha value is -1.40. The number of rotatable bonds is 2. The Morgan fingerprint density at radius 1 is 1.21 bits per heavy atom. The molecule has 0 N–H and O–H groups in total. The van der Waals surface area contributed by atoms with Gasteiger partial charge in [-0.15, -0.1) is 0 Å². The van der Waals surface area contributed by atoms with Gasteiger partial charge in [-0.1, -0.05) is 0 Å². The van der Waals surface area contributed by atoms with Gasteiger partial charge in [-0.3, -0.25) is 0 Å². The summed E-state index contributed by atoms with van der Waals surface area (Å²) in [6, 6.07) is 4.29. The van der Waals surface area contributed by atoms with Crippen molar-refractivity contribution in [2.45, 2.75) is 12.3 Å². The average molecular weight is 212 g/mol. The van der Waals surface area contributed by atoms with Crippen LogP contribution in [0.5, 0.6) is 5.88 Å². The maximum Gasteiger partial charge on any atom is 0.500 e. The summed E-state index contributed by atoms with van der Waals surface area (Å²) in [6.45, 7) is 0. The number of aromatic nitrogens is 1. The SMILES string of the molecule is FC(F)(F)C(F)(F)Oc1cc[c]cn1. The fourth-order valence-electron chi connectivity index (χ4n) is 0.556. The number of alkyl halides is 5. The van der Waals surface area contributed by atoms with E-state index in [4.69, 9.17) is 0 Å². The summed E-state index contributed by atoms with van der Waals surface area (Å²) < 4.78 is 62.6. The van der Waals surface area contributed by atoms with Gasteiger partial charge in [0.1, 0.15) is 0 Å². The highest BCUT2D eigenvalue weighted by atomic mass is 19.4. The van der Waals surface area contributed by atoms with Crippen molar-refractivity contribution in [3.63, 3.8) is 0 Å². The van der Waals surface area contributed by atoms with Crippen LogP contribution in [0.1, 0.15) is 0 Å².